The Morgan fingerprint density at radius 2 is 1.90 bits per heavy atom. The van der Waals surface area contributed by atoms with Gasteiger partial charge >= 0.3 is 0 Å². The molecule has 0 unspecified atom stereocenters. The zero-order valence-corrected chi connectivity index (χ0v) is 10.9. The minimum absolute atomic E-state index is 0.0635. The van der Waals surface area contributed by atoms with Crippen LogP contribution in [0.25, 0.3) is 0 Å². The Labute approximate surface area is 115 Å². The lowest BCUT2D eigenvalue weighted by atomic mass is 10.1. The van der Waals surface area contributed by atoms with E-state index in [1.54, 1.807) is 19.9 Å². The zero-order valence-electron chi connectivity index (χ0n) is 10.9. The Balaban J connectivity index is 2.46. The van der Waals surface area contributed by atoms with E-state index in [0.29, 0.717) is 11.3 Å². The van der Waals surface area contributed by atoms with Crippen molar-refractivity contribution in [2.24, 2.45) is 0 Å². The fourth-order valence-corrected chi connectivity index (χ4v) is 1.77. The number of ether oxygens (including phenoxy) is 1. The fraction of sp³-hybridized carbons (Fsp3) is 0.133. The van der Waals surface area contributed by atoms with Gasteiger partial charge in [0.05, 0.1) is 11.6 Å². The minimum atomic E-state index is -0.672. The van der Waals surface area contributed by atoms with Crippen molar-refractivity contribution in [3.8, 4) is 23.8 Å². The van der Waals surface area contributed by atoms with Crippen molar-refractivity contribution in [3.05, 3.63) is 52.5 Å². The van der Waals surface area contributed by atoms with Gasteiger partial charge in [0.25, 0.3) is 0 Å². The average Bonchev–Trinajstić information content (AvgIpc) is 2.40. The molecule has 1 aromatic carbocycles. The molecule has 0 spiro atoms. The predicted molar refractivity (Wildman–Crippen MR) is 69.6 cm³/mol. The molecule has 2 aromatic rings. The SMILES string of the molecule is Cc1cc(C)c(C#N)c(Oc2ccc(C#N)cc2F)n1. The van der Waals surface area contributed by atoms with Crippen LogP contribution >= 0.6 is 0 Å². The minimum Gasteiger partial charge on any atom is -0.435 e. The number of hydrogen-bond donors (Lipinski definition) is 0. The summed E-state index contributed by atoms with van der Waals surface area (Å²) in [5.41, 5.74) is 1.85. The van der Waals surface area contributed by atoms with Crippen LogP contribution in [0.3, 0.4) is 0 Å². The molecule has 0 radical (unpaired) electrons. The van der Waals surface area contributed by atoms with E-state index in [-0.39, 0.29) is 22.8 Å². The second-order valence-electron chi connectivity index (χ2n) is 4.23. The molecule has 0 saturated carbocycles. The molecule has 0 fully saturated rings. The van der Waals surface area contributed by atoms with Gasteiger partial charge in [-0.2, -0.15) is 10.5 Å². The average molecular weight is 267 g/mol. The molecule has 0 N–H and O–H groups in total. The summed E-state index contributed by atoms with van der Waals surface area (Å²) in [6, 6.07) is 9.43. The van der Waals surface area contributed by atoms with E-state index >= 15 is 0 Å². The van der Waals surface area contributed by atoms with Gasteiger partial charge in [0.1, 0.15) is 11.6 Å². The summed E-state index contributed by atoms with van der Waals surface area (Å²) in [6.07, 6.45) is 0. The first-order valence-corrected chi connectivity index (χ1v) is 5.81. The highest BCUT2D eigenvalue weighted by Gasteiger charge is 2.13. The van der Waals surface area contributed by atoms with Gasteiger partial charge in [0, 0.05) is 5.69 Å². The Morgan fingerprint density at radius 1 is 1.15 bits per heavy atom. The molecule has 0 aliphatic rings. The molecule has 2 rings (SSSR count). The number of aromatic nitrogens is 1. The number of nitriles is 2. The normalized spacial score (nSPS) is 9.65. The molecule has 0 aliphatic carbocycles. The van der Waals surface area contributed by atoms with Gasteiger partial charge in [0.2, 0.25) is 5.88 Å². The Kier molecular flexibility index (Phi) is 3.63. The molecule has 1 aromatic heterocycles. The number of benzene rings is 1. The lowest BCUT2D eigenvalue weighted by molar-refractivity contribution is 0.425. The number of pyridine rings is 1. The summed E-state index contributed by atoms with van der Waals surface area (Å²) < 4.78 is 19.1. The van der Waals surface area contributed by atoms with Crippen LogP contribution in [0.15, 0.2) is 24.3 Å². The van der Waals surface area contributed by atoms with E-state index in [0.717, 1.165) is 6.07 Å². The Hall–Kier alpha value is -2.92. The van der Waals surface area contributed by atoms with Crippen molar-refractivity contribution in [2.45, 2.75) is 13.8 Å². The first-order valence-electron chi connectivity index (χ1n) is 5.81. The second kappa shape index (κ2) is 5.38. The molecule has 1 heterocycles. The smallest absolute Gasteiger partial charge is 0.237 e. The number of halogens is 1. The van der Waals surface area contributed by atoms with Crippen LogP contribution in [0.1, 0.15) is 22.4 Å². The molecular formula is C15H10FN3O. The van der Waals surface area contributed by atoms with E-state index in [4.69, 9.17) is 15.3 Å². The van der Waals surface area contributed by atoms with Crippen molar-refractivity contribution in [1.29, 1.82) is 10.5 Å². The lowest BCUT2D eigenvalue weighted by Crippen LogP contribution is -1.98. The number of rotatable bonds is 2. The number of hydrogen-bond acceptors (Lipinski definition) is 4. The predicted octanol–water partition coefficient (Wildman–Crippen LogP) is 3.37. The highest BCUT2D eigenvalue weighted by molar-refractivity contribution is 5.47. The van der Waals surface area contributed by atoms with Crippen molar-refractivity contribution < 1.29 is 9.13 Å². The van der Waals surface area contributed by atoms with Gasteiger partial charge in [0.15, 0.2) is 11.6 Å². The van der Waals surface area contributed by atoms with Gasteiger partial charge in [-0.05, 0) is 43.7 Å². The van der Waals surface area contributed by atoms with Crippen LogP contribution in [-0.2, 0) is 0 Å². The highest BCUT2D eigenvalue weighted by Crippen LogP contribution is 2.28. The maximum Gasteiger partial charge on any atom is 0.237 e. The summed E-state index contributed by atoms with van der Waals surface area (Å²) in [6.45, 7) is 3.52. The van der Waals surface area contributed by atoms with E-state index in [9.17, 15) is 4.39 Å². The fourth-order valence-electron chi connectivity index (χ4n) is 1.77. The summed E-state index contributed by atoms with van der Waals surface area (Å²) in [7, 11) is 0. The van der Waals surface area contributed by atoms with Crippen molar-refractivity contribution >= 4 is 0 Å². The quantitative estimate of drug-likeness (QED) is 0.836. The van der Waals surface area contributed by atoms with Crippen molar-refractivity contribution in [1.82, 2.24) is 4.98 Å². The van der Waals surface area contributed by atoms with Gasteiger partial charge in [-0.15, -0.1) is 0 Å². The van der Waals surface area contributed by atoms with Gasteiger partial charge in [-0.1, -0.05) is 0 Å². The van der Waals surface area contributed by atoms with Crippen LogP contribution in [0, 0.1) is 42.3 Å². The third-order valence-electron chi connectivity index (χ3n) is 2.69. The molecule has 20 heavy (non-hydrogen) atoms. The topological polar surface area (TPSA) is 69.7 Å². The summed E-state index contributed by atoms with van der Waals surface area (Å²) >= 11 is 0. The third-order valence-corrected chi connectivity index (χ3v) is 2.69. The summed E-state index contributed by atoms with van der Waals surface area (Å²) in [5, 5.41) is 17.8. The van der Waals surface area contributed by atoms with Gasteiger partial charge < -0.3 is 4.74 Å². The van der Waals surface area contributed by atoms with Crippen LogP contribution in [-0.4, -0.2) is 4.98 Å². The maximum absolute atomic E-state index is 13.8. The molecule has 0 bridgehead atoms. The van der Waals surface area contributed by atoms with Crippen molar-refractivity contribution in [3.63, 3.8) is 0 Å². The van der Waals surface area contributed by atoms with Crippen LogP contribution in [0.5, 0.6) is 11.6 Å². The number of aryl methyl sites for hydroxylation is 2. The third kappa shape index (κ3) is 2.57. The first kappa shape index (κ1) is 13.5. The lowest BCUT2D eigenvalue weighted by Gasteiger charge is -2.10. The van der Waals surface area contributed by atoms with Gasteiger partial charge in [-0.3, -0.25) is 0 Å². The first-order chi connectivity index (χ1) is 9.55. The molecule has 0 amide bonds. The van der Waals surface area contributed by atoms with E-state index in [1.807, 2.05) is 12.1 Å². The molecular weight excluding hydrogens is 257 g/mol. The van der Waals surface area contributed by atoms with Crippen LogP contribution in [0.2, 0.25) is 0 Å². The highest BCUT2D eigenvalue weighted by atomic mass is 19.1. The Bertz CT molecular complexity index is 757. The monoisotopic (exact) mass is 267 g/mol. The Morgan fingerprint density at radius 3 is 2.50 bits per heavy atom. The number of nitrogens with zero attached hydrogens (tertiary/aromatic N) is 3. The molecule has 5 heteroatoms. The van der Waals surface area contributed by atoms with Crippen LogP contribution < -0.4 is 4.74 Å². The standard InChI is InChI=1S/C15H10FN3O/c1-9-5-10(2)19-15(12(9)8-18)20-14-4-3-11(7-17)6-13(14)16/h3-6H,1-2H3. The molecule has 0 atom stereocenters. The largest absolute Gasteiger partial charge is 0.435 e. The molecule has 4 nitrogen and oxygen atoms in total. The van der Waals surface area contributed by atoms with E-state index < -0.39 is 5.82 Å². The molecule has 0 saturated heterocycles. The van der Waals surface area contributed by atoms with E-state index in [1.165, 1.54) is 12.1 Å². The summed E-state index contributed by atoms with van der Waals surface area (Å²) in [5.74, 6) is -0.680. The maximum atomic E-state index is 13.8. The van der Waals surface area contributed by atoms with Gasteiger partial charge in [-0.25, -0.2) is 9.37 Å². The molecule has 98 valence electrons. The summed E-state index contributed by atoms with van der Waals surface area (Å²) in [4.78, 5) is 4.11. The van der Waals surface area contributed by atoms with E-state index in [2.05, 4.69) is 4.98 Å². The molecule has 0 aliphatic heterocycles. The zero-order chi connectivity index (χ0) is 14.7. The second-order valence-corrected chi connectivity index (χ2v) is 4.23. The van der Waals surface area contributed by atoms with Crippen molar-refractivity contribution in [2.75, 3.05) is 0 Å². The van der Waals surface area contributed by atoms with Crippen LogP contribution in [0.4, 0.5) is 4.39 Å².